The van der Waals surface area contributed by atoms with Gasteiger partial charge in [-0.2, -0.15) is 5.10 Å². The smallest absolute Gasteiger partial charge is 0.138 e. The van der Waals surface area contributed by atoms with Crippen molar-refractivity contribution in [3.05, 3.63) is 48.0 Å². The van der Waals surface area contributed by atoms with E-state index in [1.807, 2.05) is 4.68 Å². The first-order chi connectivity index (χ1) is 10.9. The number of fused-ring (bicyclic) bond motifs is 1. The zero-order valence-electron chi connectivity index (χ0n) is 12.6. The predicted octanol–water partition coefficient (Wildman–Crippen LogP) is 0.648. The molecule has 1 saturated heterocycles. The van der Waals surface area contributed by atoms with Crippen LogP contribution in [0.3, 0.4) is 0 Å². The third kappa shape index (κ3) is 2.77. The fourth-order valence-electron chi connectivity index (χ4n) is 3.46. The van der Waals surface area contributed by atoms with Crippen LogP contribution >= 0.6 is 0 Å². The topological polar surface area (TPSA) is 66.8 Å². The maximum atomic E-state index is 4.29. The molecule has 6 heteroatoms. The zero-order chi connectivity index (χ0) is 14.8. The van der Waals surface area contributed by atoms with Crippen molar-refractivity contribution >= 4 is 0 Å². The molecule has 3 unspecified atom stereocenters. The Bertz CT molecular complexity index is 610. The zero-order valence-corrected chi connectivity index (χ0v) is 12.6. The van der Waals surface area contributed by atoms with Gasteiger partial charge in [0, 0.05) is 31.5 Å². The van der Waals surface area contributed by atoms with Gasteiger partial charge in [0.2, 0.25) is 0 Å². The van der Waals surface area contributed by atoms with Crippen LogP contribution in [0.25, 0.3) is 0 Å². The second kappa shape index (κ2) is 6.16. The number of rotatable bonds is 4. The Morgan fingerprint density at radius 3 is 3.09 bits per heavy atom. The molecule has 3 N–H and O–H groups in total. The summed E-state index contributed by atoms with van der Waals surface area (Å²) in [7, 11) is 0. The minimum absolute atomic E-state index is 0.374. The van der Waals surface area contributed by atoms with Crippen LogP contribution in [0.2, 0.25) is 0 Å². The van der Waals surface area contributed by atoms with Gasteiger partial charge in [-0.25, -0.2) is 15.1 Å². The molecule has 1 aromatic heterocycles. The van der Waals surface area contributed by atoms with E-state index in [1.165, 1.54) is 5.56 Å². The van der Waals surface area contributed by atoms with Gasteiger partial charge in [-0.15, -0.1) is 0 Å². The number of hydrazine groups is 1. The fraction of sp³-hybridized carbons (Fsp3) is 0.500. The highest BCUT2D eigenvalue weighted by atomic mass is 15.4. The van der Waals surface area contributed by atoms with Gasteiger partial charge in [-0.1, -0.05) is 30.3 Å². The number of aromatic nitrogens is 3. The number of benzene rings is 1. The summed E-state index contributed by atoms with van der Waals surface area (Å²) >= 11 is 0. The Morgan fingerprint density at radius 1 is 1.27 bits per heavy atom. The quantitative estimate of drug-likeness (QED) is 0.773. The van der Waals surface area contributed by atoms with Crippen molar-refractivity contribution in [1.82, 2.24) is 30.9 Å². The van der Waals surface area contributed by atoms with E-state index < -0.39 is 0 Å². The van der Waals surface area contributed by atoms with Crippen LogP contribution in [0.15, 0.2) is 36.7 Å². The van der Waals surface area contributed by atoms with Crippen molar-refractivity contribution in [3.8, 4) is 0 Å². The van der Waals surface area contributed by atoms with Crippen LogP contribution in [0.1, 0.15) is 23.9 Å². The van der Waals surface area contributed by atoms with E-state index in [-0.39, 0.29) is 0 Å². The highest BCUT2D eigenvalue weighted by Gasteiger charge is 2.29. The SMILES string of the molecule is c1ccc(C2NNCC2CNC2CCc3ncnn3C2)cc1. The summed E-state index contributed by atoms with van der Waals surface area (Å²) in [5.74, 6) is 1.67. The van der Waals surface area contributed by atoms with Crippen molar-refractivity contribution in [2.75, 3.05) is 13.1 Å². The summed E-state index contributed by atoms with van der Waals surface area (Å²) < 4.78 is 2.03. The van der Waals surface area contributed by atoms with E-state index in [2.05, 4.69) is 56.6 Å². The van der Waals surface area contributed by atoms with Gasteiger partial charge in [0.1, 0.15) is 12.2 Å². The Kier molecular flexibility index (Phi) is 3.88. The molecule has 1 fully saturated rings. The summed E-state index contributed by atoms with van der Waals surface area (Å²) in [6.07, 6.45) is 3.82. The molecule has 22 heavy (non-hydrogen) atoms. The van der Waals surface area contributed by atoms with Gasteiger partial charge < -0.3 is 5.32 Å². The third-order valence-electron chi connectivity index (χ3n) is 4.73. The van der Waals surface area contributed by atoms with Crippen LogP contribution in [0, 0.1) is 5.92 Å². The Labute approximate surface area is 130 Å². The normalized spacial score (nSPS) is 27.7. The second-order valence-corrected chi connectivity index (χ2v) is 6.18. The summed E-state index contributed by atoms with van der Waals surface area (Å²) in [6.45, 7) is 2.93. The minimum Gasteiger partial charge on any atom is -0.312 e. The Balaban J connectivity index is 1.36. The molecule has 2 aromatic rings. The van der Waals surface area contributed by atoms with Crippen LogP contribution in [-0.4, -0.2) is 33.9 Å². The molecule has 6 nitrogen and oxygen atoms in total. The molecule has 2 aliphatic rings. The first-order valence-corrected chi connectivity index (χ1v) is 8.03. The summed E-state index contributed by atoms with van der Waals surface area (Å²) in [5, 5.41) is 8.02. The van der Waals surface area contributed by atoms with E-state index in [4.69, 9.17) is 0 Å². The van der Waals surface area contributed by atoms with E-state index in [0.717, 1.165) is 38.3 Å². The number of hydrogen-bond donors (Lipinski definition) is 3. The van der Waals surface area contributed by atoms with Gasteiger partial charge in [0.15, 0.2) is 0 Å². The molecule has 0 aliphatic carbocycles. The monoisotopic (exact) mass is 298 g/mol. The third-order valence-corrected chi connectivity index (χ3v) is 4.73. The highest BCUT2D eigenvalue weighted by molar-refractivity contribution is 5.20. The minimum atomic E-state index is 0.374. The molecule has 0 radical (unpaired) electrons. The number of aryl methyl sites for hydroxylation is 1. The average molecular weight is 298 g/mol. The van der Waals surface area contributed by atoms with E-state index in [9.17, 15) is 0 Å². The van der Waals surface area contributed by atoms with E-state index in [0.29, 0.717) is 18.0 Å². The standard InChI is InChI=1S/C16H22N6/c1-2-4-12(5-3-1)16-13(9-19-21-16)8-17-14-6-7-15-18-11-20-22(15)10-14/h1-5,11,13-14,16-17,19,21H,6-10H2. The Hall–Kier alpha value is -1.76. The summed E-state index contributed by atoms with van der Waals surface area (Å²) in [4.78, 5) is 4.28. The maximum absolute atomic E-state index is 4.29. The molecule has 2 aliphatic heterocycles. The van der Waals surface area contributed by atoms with E-state index >= 15 is 0 Å². The lowest BCUT2D eigenvalue weighted by atomic mass is 9.94. The lowest BCUT2D eigenvalue weighted by Crippen LogP contribution is -2.41. The molecule has 0 saturated carbocycles. The lowest BCUT2D eigenvalue weighted by Gasteiger charge is -2.26. The fourth-order valence-corrected chi connectivity index (χ4v) is 3.46. The molecular weight excluding hydrogens is 276 g/mol. The van der Waals surface area contributed by atoms with Crippen LogP contribution in [0.5, 0.6) is 0 Å². The molecule has 116 valence electrons. The van der Waals surface area contributed by atoms with E-state index in [1.54, 1.807) is 6.33 Å². The number of nitrogens with one attached hydrogen (secondary N) is 3. The molecule has 1 aromatic carbocycles. The Morgan fingerprint density at radius 2 is 2.18 bits per heavy atom. The van der Waals surface area contributed by atoms with Crippen molar-refractivity contribution in [1.29, 1.82) is 0 Å². The van der Waals surface area contributed by atoms with Gasteiger partial charge in [-0.05, 0) is 12.0 Å². The second-order valence-electron chi connectivity index (χ2n) is 6.18. The van der Waals surface area contributed by atoms with Gasteiger partial charge in [0.05, 0.1) is 12.6 Å². The molecule has 4 rings (SSSR count). The van der Waals surface area contributed by atoms with Crippen LogP contribution in [0.4, 0.5) is 0 Å². The molecule has 0 bridgehead atoms. The first-order valence-electron chi connectivity index (χ1n) is 8.03. The maximum Gasteiger partial charge on any atom is 0.138 e. The predicted molar refractivity (Wildman–Crippen MR) is 83.9 cm³/mol. The first kappa shape index (κ1) is 13.9. The summed E-state index contributed by atoms with van der Waals surface area (Å²) in [6, 6.07) is 11.5. The summed E-state index contributed by atoms with van der Waals surface area (Å²) in [5.41, 5.74) is 8.06. The van der Waals surface area contributed by atoms with Crippen LogP contribution < -0.4 is 16.2 Å². The number of hydrogen-bond acceptors (Lipinski definition) is 5. The largest absolute Gasteiger partial charge is 0.312 e. The molecule has 0 amide bonds. The van der Waals surface area contributed by atoms with Gasteiger partial charge in [0.25, 0.3) is 0 Å². The number of nitrogens with zero attached hydrogens (tertiary/aromatic N) is 3. The van der Waals surface area contributed by atoms with Crippen molar-refractivity contribution in [2.24, 2.45) is 5.92 Å². The highest BCUT2D eigenvalue weighted by Crippen LogP contribution is 2.24. The lowest BCUT2D eigenvalue weighted by molar-refractivity contribution is 0.330. The van der Waals surface area contributed by atoms with Gasteiger partial charge in [-0.3, -0.25) is 5.43 Å². The van der Waals surface area contributed by atoms with Crippen molar-refractivity contribution in [2.45, 2.75) is 31.5 Å². The average Bonchev–Trinajstić information content (AvgIpc) is 3.22. The molecule has 0 spiro atoms. The van der Waals surface area contributed by atoms with Crippen molar-refractivity contribution in [3.63, 3.8) is 0 Å². The van der Waals surface area contributed by atoms with Crippen molar-refractivity contribution < 1.29 is 0 Å². The molecule has 3 atom stereocenters. The van der Waals surface area contributed by atoms with Crippen LogP contribution in [-0.2, 0) is 13.0 Å². The van der Waals surface area contributed by atoms with Gasteiger partial charge >= 0.3 is 0 Å². The molecule has 3 heterocycles. The molecular formula is C16H22N6.